The summed E-state index contributed by atoms with van der Waals surface area (Å²) in [6.07, 6.45) is -0.855. The van der Waals surface area contributed by atoms with Gasteiger partial charge >= 0.3 is 35.5 Å². The van der Waals surface area contributed by atoms with Gasteiger partial charge in [-0.2, -0.15) is 0 Å². The molecular weight excluding hydrogens is 179 g/mol. The summed E-state index contributed by atoms with van der Waals surface area (Å²) in [5.74, 6) is -0.969. The van der Waals surface area contributed by atoms with Crippen molar-refractivity contribution in [1.29, 1.82) is 0 Å². The van der Waals surface area contributed by atoms with Crippen LogP contribution >= 0.6 is 0 Å². The van der Waals surface area contributed by atoms with E-state index in [4.69, 9.17) is 9.84 Å². The number of ether oxygens (including phenoxy) is 1. The van der Waals surface area contributed by atoms with E-state index >= 15 is 0 Å². The molecule has 3 nitrogen and oxygen atoms in total. The summed E-state index contributed by atoms with van der Waals surface area (Å²) in [6.45, 7) is 0. The fourth-order valence-electron chi connectivity index (χ4n) is 1.01. The van der Waals surface area contributed by atoms with Crippen LogP contribution in [0.4, 0.5) is 0 Å². The summed E-state index contributed by atoms with van der Waals surface area (Å²) in [5, 5.41) is 8.70. The Kier molecular flexibility index (Phi) is 5.99. The van der Waals surface area contributed by atoms with E-state index < -0.39 is 12.1 Å². The van der Waals surface area contributed by atoms with Gasteiger partial charge in [0.15, 0.2) is 6.10 Å². The molecule has 0 aliphatic carbocycles. The maximum atomic E-state index is 10.6. The van der Waals surface area contributed by atoms with E-state index in [-0.39, 0.29) is 29.6 Å². The topological polar surface area (TPSA) is 46.5 Å². The van der Waals surface area contributed by atoms with Crippen LogP contribution in [0.5, 0.6) is 0 Å². The zero-order chi connectivity index (χ0) is 8.97. The van der Waals surface area contributed by atoms with Crippen molar-refractivity contribution in [3.05, 3.63) is 35.9 Å². The largest absolute Gasteiger partial charge is 1.00 e. The predicted octanol–water partition coefficient (Wildman–Crippen LogP) is -1.54. The van der Waals surface area contributed by atoms with Crippen LogP contribution < -0.4 is 29.6 Å². The number of hydrogen-bond acceptors (Lipinski definition) is 2. The van der Waals surface area contributed by atoms with Gasteiger partial charge in [0.25, 0.3) is 0 Å². The van der Waals surface area contributed by atoms with Gasteiger partial charge in [0, 0.05) is 7.11 Å². The van der Waals surface area contributed by atoms with Crippen LogP contribution in [-0.4, -0.2) is 18.2 Å². The van der Waals surface area contributed by atoms with Gasteiger partial charge in [-0.05, 0) is 5.56 Å². The van der Waals surface area contributed by atoms with Crippen molar-refractivity contribution in [2.45, 2.75) is 6.10 Å². The molecule has 0 saturated carbocycles. The Bertz CT molecular complexity index is 261. The van der Waals surface area contributed by atoms with E-state index in [2.05, 4.69) is 0 Å². The second kappa shape index (κ2) is 6.16. The number of aliphatic carboxylic acids is 1. The van der Waals surface area contributed by atoms with Crippen LogP contribution in [0, 0.1) is 0 Å². The van der Waals surface area contributed by atoms with Gasteiger partial charge in [0.2, 0.25) is 0 Å². The van der Waals surface area contributed by atoms with Gasteiger partial charge in [-0.3, -0.25) is 0 Å². The first-order chi connectivity index (χ1) is 5.75. The maximum absolute atomic E-state index is 10.6. The molecule has 4 heteroatoms. The fourth-order valence-corrected chi connectivity index (χ4v) is 1.01. The van der Waals surface area contributed by atoms with Crippen LogP contribution in [-0.2, 0) is 9.53 Å². The van der Waals surface area contributed by atoms with Gasteiger partial charge in [0.1, 0.15) is 0 Å². The summed E-state index contributed by atoms with van der Waals surface area (Å²) in [4.78, 5) is 10.6. The molecule has 0 heterocycles. The van der Waals surface area contributed by atoms with Gasteiger partial charge in [0.05, 0.1) is 0 Å². The molecule has 1 N–H and O–H groups in total. The number of carboxylic acid groups (broad SMARTS) is 1. The monoisotopic (exact) mass is 189 g/mol. The molecule has 0 saturated heterocycles. The minimum atomic E-state index is -0.969. The first kappa shape index (κ1) is 12.7. The second-order valence-electron chi connectivity index (χ2n) is 2.36. The molecular formula is C9H10NaO3+. The molecule has 0 aromatic heterocycles. The fraction of sp³-hybridized carbons (Fsp3) is 0.222. The molecule has 0 amide bonds. The van der Waals surface area contributed by atoms with Crippen molar-refractivity contribution >= 4 is 5.97 Å². The van der Waals surface area contributed by atoms with Gasteiger partial charge < -0.3 is 9.84 Å². The van der Waals surface area contributed by atoms with Crippen molar-refractivity contribution in [2.75, 3.05) is 7.11 Å². The Morgan fingerprint density at radius 1 is 1.38 bits per heavy atom. The average Bonchev–Trinajstić information content (AvgIpc) is 2.07. The van der Waals surface area contributed by atoms with Crippen LogP contribution in [0.15, 0.2) is 30.3 Å². The van der Waals surface area contributed by atoms with Crippen molar-refractivity contribution < 1.29 is 44.2 Å². The molecule has 0 spiro atoms. The molecule has 0 aliphatic heterocycles. The van der Waals surface area contributed by atoms with Crippen molar-refractivity contribution in [1.82, 2.24) is 0 Å². The molecule has 0 aliphatic rings. The number of carboxylic acids is 1. The SMILES string of the molecule is COC(C(=O)O)c1ccccc1.[Na+]. The van der Waals surface area contributed by atoms with E-state index in [1.165, 1.54) is 7.11 Å². The second-order valence-corrected chi connectivity index (χ2v) is 2.36. The summed E-state index contributed by atoms with van der Waals surface area (Å²) in [7, 11) is 1.38. The van der Waals surface area contributed by atoms with E-state index in [0.29, 0.717) is 5.56 Å². The molecule has 13 heavy (non-hydrogen) atoms. The first-order valence-electron chi connectivity index (χ1n) is 3.56. The van der Waals surface area contributed by atoms with Gasteiger partial charge in [-0.25, -0.2) is 4.79 Å². The zero-order valence-corrected chi connectivity index (χ0v) is 9.73. The first-order valence-corrected chi connectivity index (χ1v) is 3.56. The van der Waals surface area contributed by atoms with Crippen molar-refractivity contribution in [2.24, 2.45) is 0 Å². The Morgan fingerprint density at radius 2 is 1.92 bits per heavy atom. The average molecular weight is 189 g/mol. The molecule has 64 valence electrons. The van der Waals surface area contributed by atoms with E-state index in [0.717, 1.165) is 0 Å². The van der Waals surface area contributed by atoms with Crippen molar-refractivity contribution in [3.63, 3.8) is 0 Å². The minimum Gasteiger partial charge on any atom is -0.479 e. The van der Waals surface area contributed by atoms with Gasteiger partial charge in [-0.1, -0.05) is 30.3 Å². The Balaban J connectivity index is 0.00000144. The van der Waals surface area contributed by atoms with Crippen LogP contribution in [0.25, 0.3) is 0 Å². The Hall–Kier alpha value is -0.350. The Morgan fingerprint density at radius 3 is 2.31 bits per heavy atom. The quantitative estimate of drug-likeness (QED) is 0.586. The number of benzene rings is 1. The van der Waals surface area contributed by atoms with Gasteiger partial charge in [-0.15, -0.1) is 0 Å². The third-order valence-corrected chi connectivity index (χ3v) is 1.56. The molecule has 1 rings (SSSR count). The predicted molar refractivity (Wildman–Crippen MR) is 43.8 cm³/mol. The maximum Gasteiger partial charge on any atom is 1.00 e. The van der Waals surface area contributed by atoms with Crippen LogP contribution in [0.1, 0.15) is 11.7 Å². The summed E-state index contributed by atoms with van der Waals surface area (Å²) >= 11 is 0. The zero-order valence-electron chi connectivity index (χ0n) is 7.73. The normalized spacial score (nSPS) is 11.5. The van der Waals surface area contributed by atoms with Crippen LogP contribution in [0.2, 0.25) is 0 Å². The van der Waals surface area contributed by atoms with Crippen LogP contribution in [0.3, 0.4) is 0 Å². The molecule has 0 radical (unpaired) electrons. The number of methoxy groups -OCH3 is 1. The molecule has 1 aromatic rings. The van der Waals surface area contributed by atoms with E-state index in [9.17, 15) is 4.79 Å². The number of rotatable bonds is 3. The molecule has 0 bridgehead atoms. The number of carbonyl (C=O) groups is 1. The Labute approximate surface area is 99.0 Å². The molecule has 1 atom stereocenters. The molecule has 0 fully saturated rings. The molecule has 1 aromatic carbocycles. The third kappa shape index (κ3) is 3.48. The van der Waals surface area contributed by atoms with E-state index in [1.54, 1.807) is 24.3 Å². The smallest absolute Gasteiger partial charge is 0.479 e. The van der Waals surface area contributed by atoms with Crippen molar-refractivity contribution in [3.8, 4) is 0 Å². The van der Waals surface area contributed by atoms with E-state index in [1.807, 2.05) is 6.07 Å². The molecule has 1 unspecified atom stereocenters. The summed E-state index contributed by atoms with van der Waals surface area (Å²) < 4.78 is 4.80. The third-order valence-electron chi connectivity index (χ3n) is 1.56. The minimum absolute atomic E-state index is 0. The number of hydrogen-bond donors (Lipinski definition) is 1. The summed E-state index contributed by atoms with van der Waals surface area (Å²) in [6, 6.07) is 8.84. The standard InChI is InChI=1S/C9H10O3.Na/c1-12-8(9(10)11)7-5-3-2-4-6-7;/h2-6,8H,1H3,(H,10,11);/q;+1. The summed E-state index contributed by atoms with van der Waals surface area (Å²) in [5.41, 5.74) is 0.660.